The molecule has 2 aromatic rings. The Kier molecular flexibility index (Phi) is 4.70. The van der Waals surface area contributed by atoms with E-state index >= 15 is 0 Å². The van der Waals surface area contributed by atoms with Crippen molar-refractivity contribution >= 4 is 39.1 Å². The molecule has 0 aliphatic rings. The Bertz CT molecular complexity index is 701. The predicted molar refractivity (Wildman–Crippen MR) is 85.8 cm³/mol. The molecule has 0 saturated heterocycles. The number of nitrogens with one attached hydrogen (secondary N) is 2. The monoisotopic (exact) mass is 347 g/mol. The van der Waals surface area contributed by atoms with Gasteiger partial charge in [-0.15, -0.1) is 0 Å². The molecular weight excluding hydrogens is 334 g/mol. The molecule has 0 saturated carbocycles. The third kappa shape index (κ3) is 4.13. The van der Waals surface area contributed by atoms with Gasteiger partial charge in [0.15, 0.2) is 5.78 Å². The first-order valence-corrected chi connectivity index (χ1v) is 7.06. The van der Waals surface area contributed by atoms with Gasteiger partial charge in [-0.05, 0) is 53.5 Å². The van der Waals surface area contributed by atoms with E-state index in [0.29, 0.717) is 16.9 Å². The van der Waals surface area contributed by atoms with Gasteiger partial charge in [-0.2, -0.15) is 0 Å². The average molecular weight is 348 g/mol. The number of aromatic nitrogens is 1. The van der Waals surface area contributed by atoms with E-state index in [1.54, 1.807) is 30.5 Å². The number of Topliss-reactive ketones (excluding diaryl/α,β-unsaturated/α-hetero) is 1. The molecule has 2 amide bonds. The molecule has 2 N–H and O–H groups in total. The fourth-order valence-corrected chi connectivity index (χ4v) is 1.95. The molecule has 0 bridgehead atoms. The summed E-state index contributed by atoms with van der Waals surface area (Å²) in [6.07, 6.45) is 1.56. The van der Waals surface area contributed by atoms with Crippen molar-refractivity contribution in [2.45, 2.75) is 13.8 Å². The summed E-state index contributed by atoms with van der Waals surface area (Å²) in [6.45, 7) is 3.37. The van der Waals surface area contributed by atoms with Crippen molar-refractivity contribution in [1.82, 2.24) is 4.98 Å². The number of pyridine rings is 1. The SMILES string of the molecule is CC(=O)c1cccc(NC(=O)Nc2cnc(Br)c(C)c2)c1. The number of ketones is 1. The summed E-state index contributed by atoms with van der Waals surface area (Å²) < 4.78 is 0.739. The third-order valence-corrected chi connectivity index (χ3v) is 3.63. The van der Waals surface area contributed by atoms with Gasteiger partial charge >= 0.3 is 6.03 Å². The maximum absolute atomic E-state index is 11.9. The van der Waals surface area contributed by atoms with Gasteiger partial charge in [0.2, 0.25) is 0 Å². The lowest BCUT2D eigenvalue weighted by molar-refractivity contribution is 0.101. The standard InChI is InChI=1S/C15H14BrN3O2/c1-9-6-13(8-17-14(9)16)19-15(21)18-12-5-3-4-11(7-12)10(2)20/h3-8H,1-2H3,(H2,18,19,21). The highest BCUT2D eigenvalue weighted by Crippen LogP contribution is 2.17. The Morgan fingerprint density at radius 2 is 1.86 bits per heavy atom. The minimum atomic E-state index is -0.390. The first kappa shape index (κ1) is 15.2. The molecule has 0 radical (unpaired) electrons. The predicted octanol–water partition coefficient (Wildman–Crippen LogP) is 4.00. The zero-order valence-corrected chi connectivity index (χ0v) is 13.2. The molecule has 0 spiro atoms. The number of urea groups is 1. The van der Waals surface area contributed by atoms with Gasteiger partial charge in [0.1, 0.15) is 4.60 Å². The number of halogens is 1. The number of amides is 2. The molecule has 0 atom stereocenters. The number of nitrogens with zero attached hydrogens (tertiary/aromatic N) is 1. The number of rotatable bonds is 3. The van der Waals surface area contributed by atoms with Gasteiger partial charge in [0.05, 0.1) is 11.9 Å². The Morgan fingerprint density at radius 3 is 2.52 bits per heavy atom. The lowest BCUT2D eigenvalue weighted by atomic mass is 10.1. The van der Waals surface area contributed by atoms with Crippen molar-refractivity contribution in [2.24, 2.45) is 0 Å². The van der Waals surface area contributed by atoms with E-state index in [9.17, 15) is 9.59 Å². The summed E-state index contributed by atoms with van der Waals surface area (Å²) in [5, 5.41) is 5.37. The van der Waals surface area contributed by atoms with E-state index in [1.807, 2.05) is 13.0 Å². The Hall–Kier alpha value is -2.21. The molecular formula is C15H14BrN3O2. The molecule has 1 heterocycles. The highest BCUT2D eigenvalue weighted by Gasteiger charge is 2.06. The van der Waals surface area contributed by atoms with E-state index in [4.69, 9.17) is 0 Å². The quantitative estimate of drug-likeness (QED) is 0.651. The van der Waals surface area contributed by atoms with E-state index in [-0.39, 0.29) is 11.8 Å². The van der Waals surface area contributed by atoms with Crippen LogP contribution in [0.5, 0.6) is 0 Å². The highest BCUT2D eigenvalue weighted by molar-refractivity contribution is 9.10. The Labute approximate surface area is 130 Å². The Balaban J connectivity index is 2.06. The molecule has 0 aliphatic heterocycles. The minimum Gasteiger partial charge on any atom is -0.308 e. The maximum Gasteiger partial charge on any atom is 0.323 e. The second-order valence-electron chi connectivity index (χ2n) is 4.55. The smallest absolute Gasteiger partial charge is 0.308 e. The number of benzene rings is 1. The minimum absolute atomic E-state index is 0.0493. The normalized spacial score (nSPS) is 10.0. The first-order chi connectivity index (χ1) is 9.95. The van der Waals surface area contributed by atoms with Crippen LogP contribution in [0.4, 0.5) is 16.2 Å². The van der Waals surface area contributed by atoms with Gasteiger partial charge < -0.3 is 10.6 Å². The van der Waals surface area contributed by atoms with Crippen molar-refractivity contribution in [1.29, 1.82) is 0 Å². The summed E-state index contributed by atoms with van der Waals surface area (Å²) >= 11 is 3.30. The number of aryl methyl sites for hydroxylation is 1. The van der Waals surface area contributed by atoms with Crippen LogP contribution in [0.3, 0.4) is 0 Å². The van der Waals surface area contributed by atoms with Gasteiger partial charge in [0, 0.05) is 11.3 Å². The van der Waals surface area contributed by atoms with Crippen LogP contribution < -0.4 is 10.6 Å². The van der Waals surface area contributed by atoms with Crippen LogP contribution in [0.2, 0.25) is 0 Å². The summed E-state index contributed by atoms with van der Waals surface area (Å²) in [6, 6.07) is 8.19. The molecule has 0 aliphatic carbocycles. The van der Waals surface area contributed by atoms with Crippen molar-refractivity contribution in [3.63, 3.8) is 0 Å². The van der Waals surface area contributed by atoms with Crippen LogP contribution in [0.25, 0.3) is 0 Å². The molecule has 5 nitrogen and oxygen atoms in total. The van der Waals surface area contributed by atoms with Crippen LogP contribution in [0.15, 0.2) is 41.1 Å². The molecule has 1 aromatic carbocycles. The lowest BCUT2D eigenvalue weighted by Gasteiger charge is -2.09. The molecule has 0 unspecified atom stereocenters. The second-order valence-corrected chi connectivity index (χ2v) is 5.30. The molecule has 1 aromatic heterocycles. The summed E-state index contributed by atoms with van der Waals surface area (Å²) in [7, 11) is 0. The number of hydrogen-bond donors (Lipinski definition) is 2. The van der Waals surface area contributed by atoms with E-state index < -0.39 is 0 Å². The summed E-state index contributed by atoms with van der Waals surface area (Å²) in [4.78, 5) is 27.3. The van der Waals surface area contributed by atoms with Crippen molar-refractivity contribution in [3.8, 4) is 0 Å². The van der Waals surface area contributed by atoms with Crippen molar-refractivity contribution in [2.75, 3.05) is 10.6 Å². The third-order valence-electron chi connectivity index (χ3n) is 2.80. The number of anilines is 2. The molecule has 2 rings (SSSR count). The van der Waals surface area contributed by atoms with Crippen LogP contribution in [-0.2, 0) is 0 Å². The topological polar surface area (TPSA) is 71.1 Å². The molecule has 108 valence electrons. The van der Waals surface area contributed by atoms with Crippen LogP contribution >= 0.6 is 15.9 Å². The lowest BCUT2D eigenvalue weighted by Crippen LogP contribution is -2.19. The Morgan fingerprint density at radius 1 is 1.14 bits per heavy atom. The van der Waals surface area contributed by atoms with Crippen molar-refractivity contribution < 1.29 is 9.59 Å². The van der Waals surface area contributed by atoms with Crippen molar-refractivity contribution in [3.05, 3.63) is 52.3 Å². The fraction of sp³-hybridized carbons (Fsp3) is 0.133. The molecule has 0 fully saturated rings. The van der Waals surface area contributed by atoms with E-state index in [2.05, 4.69) is 31.5 Å². The van der Waals surface area contributed by atoms with Gasteiger partial charge in [-0.25, -0.2) is 9.78 Å². The van der Waals surface area contributed by atoms with E-state index in [1.165, 1.54) is 6.92 Å². The van der Waals surface area contributed by atoms with Crippen LogP contribution in [0, 0.1) is 6.92 Å². The van der Waals surface area contributed by atoms with Crippen LogP contribution in [-0.4, -0.2) is 16.8 Å². The average Bonchev–Trinajstić information content (AvgIpc) is 2.43. The summed E-state index contributed by atoms with van der Waals surface area (Å²) in [5.41, 5.74) is 2.62. The second kappa shape index (κ2) is 6.49. The van der Waals surface area contributed by atoms with Gasteiger partial charge in [-0.1, -0.05) is 12.1 Å². The maximum atomic E-state index is 11.9. The number of carbonyl (C=O) groups excluding carboxylic acids is 2. The van der Waals surface area contributed by atoms with Gasteiger partial charge in [-0.3, -0.25) is 4.79 Å². The largest absolute Gasteiger partial charge is 0.323 e. The van der Waals surface area contributed by atoms with Gasteiger partial charge in [0.25, 0.3) is 0 Å². The zero-order chi connectivity index (χ0) is 15.4. The number of hydrogen-bond acceptors (Lipinski definition) is 3. The highest BCUT2D eigenvalue weighted by atomic mass is 79.9. The van der Waals surface area contributed by atoms with Crippen LogP contribution in [0.1, 0.15) is 22.8 Å². The fourth-order valence-electron chi connectivity index (χ4n) is 1.74. The van der Waals surface area contributed by atoms with E-state index in [0.717, 1.165) is 10.2 Å². The molecule has 21 heavy (non-hydrogen) atoms. The zero-order valence-electron chi connectivity index (χ0n) is 11.6. The number of carbonyl (C=O) groups is 2. The first-order valence-electron chi connectivity index (χ1n) is 6.27. The molecule has 6 heteroatoms. The summed E-state index contributed by atoms with van der Waals surface area (Å²) in [5.74, 6) is -0.0493.